The number of aromatic amines is 1. The first kappa shape index (κ1) is 9.56. The number of fused-ring (bicyclic) bond motifs is 1. The molecule has 14 heavy (non-hydrogen) atoms. The van der Waals surface area contributed by atoms with Gasteiger partial charge in [-0.05, 0) is 24.6 Å². The van der Waals surface area contributed by atoms with E-state index >= 15 is 0 Å². The summed E-state index contributed by atoms with van der Waals surface area (Å²) in [5, 5.41) is 1.71. The van der Waals surface area contributed by atoms with Gasteiger partial charge >= 0.3 is 0 Å². The number of aryl methyl sites for hydroxylation is 1. The van der Waals surface area contributed by atoms with Gasteiger partial charge in [-0.3, -0.25) is 4.79 Å². The molecule has 72 valence electrons. The van der Waals surface area contributed by atoms with E-state index in [4.69, 9.17) is 23.2 Å². The molecule has 0 amide bonds. The van der Waals surface area contributed by atoms with E-state index in [2.05, 4.69) is 4.98 Å². The highest BCUT2D eigenvalue weighted by molar-refractivity contribution is 6.32. The fourth-order valence-electron chi connectivity index (χ4n) is 1.37. The SMILES string of the molecule is Cc1c(Cl)ccc2cc(Cl)c(=O)[nH]c12. The monoisotopic (exact) mass is 227 g/mol. The molecule has 0 aliphatic rings. The summed E-state index contributed by atoms with van der Waals surface area (Å²) in [7, 11) is 0. The number of H-pyrrole nitrogens is 1. The molecule has 0 atom stereocenters. The van der Waals surface area contributed by atoms with Crippen molar-refractivity contribution in [1.82, 2.24) is 4.98 Å². The van der Waals surface area contributed by atoms with Crippen LogP contribution in [0, 0.1) is 6.92 Å². The van der Waals surface area contributed by atoms with E-state index in [1.54, 1.807) is 12.1 Å². The first-order valence-electron chi connectivity index (χ1n) is 4.07. The standard InChI is InChI=1S/C10H7Cl2NO/c1-5-7(11)3-2-6-4-8(12)10(14)13-9(5)6/h2-4H,1H3,(H,13,14). The number of benzene rings is 1. The highest BCUT2D eigenvalue weighted by atomic mass is 35.5. The van der Waals surface area contributed by atoms with Crippen LogP contribution >= 0.6 is 23.2 Å². The molecule has 1 aromatic heterocycles. The van der Waals surface area contributed by atoms with E-state index in [0.29, 0.717) is 5.02 Å². The largest absolute Gasteiger partial charge is 0.320 e. The van der Waals surface area contributed by atoms with Gasteiger partial charge in [-0.1, -0.05) is 29.3 Å². The van der Waals surface area contributed by atoms with Crippen molar-refractivity contribution in [2.75, 3.05) is 0 Å². The van der Waals surface area contributed by atoms with E-state index in [1.807, 2.05) is 13.0 Å². The molecule has 0 aliphatic heterocycles. The summed E-state index contributed by atoms with van der Waals surface area (Å²) >= 11 is 11.6. The number of aromatic nitrogens is 1. The van der Waals surface area contributed by atoms with E-state index in [-0.39, 0.29) is 10.6 Å². The highest BCUT2D eigenvalue weighted by Crippen LogP contribution is 2.23. The summed E-state index contributed by atoms with van der Waals surface area (Å²) in [4.78, 5) is 14.0. The third-order valence-electron chi connectivity index (χ3n) is 2.17. The summed E-state index contributed by atoms with van der Waals surface area (Å²) in [6.07, 6.45) is 0. The van der Waals surface area contributed by atoms with Gasteiger partial charge in [-0.25, -0.2) is 0 Å². The minimum absolute atomic E-state index is 0.194. The Balaban J connectivity index is 2.97. The Hall–Kier alpha value is -0.990. The molecule has 0 unspecified atom stereocenters. The lowest BCUT2D eigenvalue weighted by Crippen LogP contribution is -2.06. The zero-order valence-corrected chi connectivity index (χ0v) is 8.91. The van der Waals surface area contributed by atoms with Gasteiger partial charge in [0.25, 0.3) is 5.56 Å². The summed E-state index contributed by atoms with van der Waals surface area (Å²) in [6.45, 7) is 1.86. The van der Waals surface area contributed by atoms with Crippen molar-refractivity contribution in [3.8, 4) is 0 Å². The van der Waals surface area contributed by atoms with Gasteiger partial charge in [0.1, 0.15) is 5.02 Å². The third-order valence-corrected chi connectivity index (χ3v) is 2.86. The van der Waals surface area contributed by atoms with Crippen molar-refractivity contribution in [2.24, 2.45) is 0 Å². The maximum absolute atomic E-state index is 11.3. The number of hydrogen-bond donors (Lipinski definition) is 1. The van der Waals surface area contributed by atoms with Crippen LogP contribution < -0.4 is 5.56 Å². The molecular formula is C10H7Cl2NO. The third kappa shape index (κ3) is 1.41. The second-order valence-electron chi connectivity index (χ2n) is 3.08. The quantitative estimate of drug-likeness (QED) is 0.738. The molecule has 2 aromatic rings. The number of nitrogens with one attached hydrogen (secondary N) is 1. The first-order chi connectivity index (χ1) is 6.59. The van der Waals surface area contributed by atoms with Crippen LogP contribution in [0.5, 0.6) is 0 Å². The Labute approximate surface area is 90.5 Å². The summed E-state index contributed by atoms with van der Waals surface area (Å²) in [6, 6.07) is 5.25. The Bertz CT molecular complexity index is 560. The molecule has 0 spiro atoms. The summed E-state index contributed by atoms with van der Waals surface area (Å²) in [5.74, 6) is 0. The highest BCUT2D eigenvalue weighted by Gasteiger charge is 2.04. The van der Waals surface area contributed by atoms with Crippen LogP contribution in [0.25, 0.3) is 10.9 Å². The van der Waals surface area contributed by atoms with Crippen molar-refractivity contribution in [3.63, 3.8) is 0 Å². The minimum atomic E-state index is -0.287. The lowest BCUT2D eigenvalue weighted by molar-refractivity contribution is 1.28. The van der Waals surface area contributed by atoms with Gasteiger partial charge < -0.3 is 4.98 Å². The Morgan fingerprint density at radius 2 is 1.93 bits per heavy atom. The van der Waals surface area contributed by atoms with Crippen LogP contribution in [0.2, 0.25) is 10.0 Å². The van der Waals surface area contributed by atoms with Gasteiger partial charge in [0.15, 0.2) is 0 Å². The van der Waals surface area contributed by atoms with Crippen LogP contribution in [0.1, 0.15) is 5.56 Å². The molecule has 1 N–H and O–H groups in total. The summed E-state index contributed by atoms with van der Waals surface area (Å²) in [5.41, 5.74) is 1.31. The molecule has 2 rings (SSSR count). The molecular weight excluding hydrogens is 221 g/mol. The van der Waals surface area contributed by atoms with Crippen molar-refractivity contribution in [2.45, 2.75) is 6.92 Å². The maximum Gasteiger partial charge on any atom is 0.267 e. The number of halogens is 2. The smallest absolute Gasteiger partial charge is 0.267 e. The Morgan fingerprint density at radius 3 is 2.64 bits per heavy atom. The minimum Gasteiger partial charge on any atom is -0.320 e. The van der Waals surface area contributed by atoms with E-state index in [9.17, 15) is 4.79 Å². The van der Waals surface area contributed by atoms with E-state index in [1.165, 1.54) is 0 Å². The van der Waals surface area contributed by atoms with Crippen LogP contribution in [0.3, 0.4) is 0 Å². The zero-order chi connectivity index (χ0) is 10.3. The van der Waals surface area contributed by atoms with Gasteiger partial charge in [-0.15, -0.1) is 0 Å². The maximum atomic E-state index is 11.3. The molecule has 0 saturated heterocycles. The lowest BCUT2D eigenvalue weighted by atomic mass is 10.1. The normalized spacial score (nSPS) is 10.8. The molecule has 0 bridgehead atoms. The van der Waals surface area contributed by atoms with Gasteiger partial charge in [0.2, 0.25) is 0 Å². The van der Waals surface area contributed by atoms with Crippen molar-refractivity contribution >= 4 is 34.1 Å². The molecule has 2 nitrogen and oxygen atoms in total. The fraction of sp³-hybridized carbons (Fsp3) is 0.100. The van der Waals surface area contributed by atoms with Crippen LogP contribution in [0.15, 0.2) is 23.0 Å². The van der Waals surface area contributed by atoms with Gasteiger partial charge in [-0.2, -0.15) is 0 Å². The predicted octanol–water partition coefficient (Wildman–Crippen LogP) is 3.14. The molecule has 0 radical (unpaired) electrons. The molecule has 0 saturated carbocycles. The molecule has 4 heteroatoms. The molecule has 0 fully saturated rings. The second kappa shape index (κ2) is 3.30. The second-order valence-corrected chi connectivity index (χ2v) is 3.90. The van der Waals surface area contributed by atoms with Crippen molar-refractivity contribution in [1.29, 1.82) is 0 Å². The fourth-order valence-corrected chi connectivity index (χ4v) is 1.69. The van der Waals surface area contributed by atoms with Crippen LogP contribution in [0.4, 0.5) is 0 Å². The molecule has 1 aromatic carbocycles. The first-order valence-corrected chi connectivity index (χ1v) is 4.83. The lowest BCUT2D eigenvalue weighted by Gasteiger charge is -2.03. The topological polar surface area (TPSA) is 32.9 Å². The zero-order valence-electron chi connectivity index (χ0n) is 7.40. The van der Waals surface area contributed by atoms with E-state index < -0.39 is 0 Å². The van der Waals surface area contributed by atoms with Crippen molar-refractivity contribution < 1.29 is 0 Å². The van der Waals surface area contributed by atoms with Crippen molar-refractivity contribution in [3.05, 3.63) is 44.2 Å². The van der Waals surface area contributed by atoms with Crippen LogP contribution in [-0.4, -0.2) is 4.98 Å². The van der Waals surface area contributed by atoms with Crippen LogP contribution in [-0.2, 0) is 0 Å². The van der Waals surface area contributed by atoms with E-state index in [0.717, 1.165) is 16.5 Å². The number of pyridine rings is 1. The Kier molecular flexibility index (Phi) is 2.25. The number of hydrogen-bond acceptors (Lipinski definition) is 1. The summed E-state index contributed by atoms with van der Waals surface area (Å²) < 4.78 is 0. The average molecular weight is 228 g/mol. The number of rotatable bonds is 0. The molecule has 1 heterocycles. The average Bonchev–Trinajstić information content (AvgIpc) is 2.15. The van der Waals surface area contributed by atoms with Gasteiger partial charge in [0.05, 0.1) is 5.52 Å². The predicted molar refractivity (Wildman–Crippen MR) is 59.3 cm³/mol. The van der Waals surface area contributed by atoms with Gasteiger partial charge in [0, 0.05) is 10.4 Å². The molecule has 0 aliphatic carbocycles. The Morgan fingerprint density at radius 1 is 1.21 bits per heavy atom.